The maximum Gasteiger partial charge on any atom is 0.221 e. The Hall–Kier alpha value is -0.620. The standard InChI is InChI=1S/C21H40N4S2/c1-2-3-4-5-6-7-8-9-10-11-12-13-14-15-16-17-18-22-20-23-19-25(27)21(26)24-20/h9-10,19,21,26-27H,2-8,11-18H2,1H3,(H,22,24)/b10-9-. The fourth-order valence-electron chi connectivity index (χ4n) is 3.03. The Labute approximate surface area is 178 Å². The second kappa shape index (κ2) is 17.5. The molecular weight excluding hydrogens is 372 g/mol. The molecule has 6 heteroatoms. The second-order valence-corrected chi connectivity index (χ2v) is 8.24. The first-order chi connectivity index (χ1) is 13.2. The number of nitrogens with zero attached hydrogens (tertiary/aromatic N) is 3. The summed E-state index contributed by atoms with van der Waals surface area (Å²) in [6.07, 6.45) is 25.0. The van der Waals surface area contributed by atoms with Crippen LogP contribution in [0.1, 0.15) is 96.8 Å². The predicted octanol–water partition coefficient (Wildman–Crippen LogP) is 6.37. The van der Waals surface area contributed by atoms with Gasteiger partial charge in [0.25, 0.3) is 0 Å². The molecule has 0 saturated carbocycles. The van der Waals surface area contributed by atoms with Crippen LogP contribution in [0.5, 0.6) is 0 Å². The van der Waals surface area contributed by atoms with E-state index in [-0.39, 0.29) is 5.50 Å². The molecule has 1 unspecified atom stereocenters. The minimum atomic E-state index is -0.163. The molecule has 27 heavy (non-hydrogen) atoms. The molecule has 156 valence electrons. The van der Waals surface area contributed by atoms with E-state index in [9.17, 15) is 0 Å². The van der Waals surface area contributed by atoms with Crippen LogP contribution in [0.3, 0.4) is 0 Å². The van der Waals surface area contributed by atoms with Crippen molar-refractivity contribution < 1.29 is 0 Å². The van der Waals surface area contributed by atoms with Gasteiger partial charge in [-0.15, -0.1) is 12.6 Å². The lowest BCUT2D eigenvalue weighted by atomic mass is 10.1. The summed E-state index contributed by atoms with van der Waals surface area (Å²) in [7, 11) is 0. The summed E-state index contributed by atoms with van der Waals surface area (Å²) < 4.78 is 1.60. The van der Waals surface area contributed by atoms with Crippen molar-refractivity contribution in [3.8, 4) is 0 Å². The molecule has 1 atom stereocenters. The molecule has 0 fully saturated rings. The second-order valence-electron chi connectivity index (χ2n) is 7.29. The smallest absolute Gasteiger partial charge is 0.221 e. The summed E-state index contributed by atoms with van der Waals surface area (Å²) in [5.74, 6) is 0.660. The molecule has 0 radical (unpaired) electrons. The zero-order valence-electron chi connectivity index (χ0n) is 17.2. The highest BCUT2D eigenvalue weighted by Gasteiger charge is 2.13. The van der Waals surface area contributed by atoms with Crippen LogP contribution in [-0.2, 0) is 0 Å². The van der Waals surface area contributed by atoms with E-state index >= 15 is 0 Å². The van der Waals surface area contributed by atoms with Crippen LogP contribution >= 0.6 is 25.4 Å². The fourth-order valence-corrected chi connectivity index (χ4v) is 3.31. The fraction of sp³-hybridized carbons (Fsp3) is 0.810. The topological polar surface area (TPSA) is 40.0 Å². The highest BCUT2D eigenvalue weighted by molar-refractivity contribution is 7.83. The lowest BCUT2D eigenvalue weighted by Gasteiger charge is -2.25. The van der Waals surface area contributed by atoms with Crippen molar-refractivity contribution in [2.24, 2.45) is 9.98 Å². The van der Waals surface area contributed by atoms with Crippen LogP contribution in [0.25, 0.3) is 0 Å². The van der Waals surface area contributed by atoms with Gasteiger partial charge in [0.1, 0.15) is 6.34 Å². The molecule has 0 saturated heterocycles. The molecule has 1 aliphatic rings. The molecule has 0 spiro atoms. The summed E-state index contributed by atoms with van der Waals surface area (Å²) >= 11 is 8.53. The van der Waals surface area contributed by atoms with Crippen LogP contribution in [0.4, 0.5) is 0 Å². The average molecular weight is 413 g/mol. The molecule has 0 bridgehead atoms. The molecule has 0 aromatic rings. The summed E-state index contributed by atoms with van der Waals surface area (Å²) in [5.41, 5.74) is -0.163. The van der Waals surface area contributed by atoms with Gasteiger partial charge in [-0.3, -0.25) is 9.30 Å². The van der Waals surface area contributed by atoms with Gasteiger partial charge in [0.15, 0.2) is 5.50 Å². The Kier molecular flexibility index (Phi) is 15.8. The zero-order chi connectivity index (χ0) is 19.6. The monoisotopic (exact) mass is 412 g/mol. The van der Waals surface area contributed by atoms with E-state index in [0.29, 0.717) is 5.96 Å². The van der Waals surface area contributed by atoms with Gasteiger partial charge in [-0.1, -0.05) is 89.7 Å². The van der Waals surface area contributed by atoms with Gasteiger partial charge in [0.2, 0.25) is 5.96 Å². The van der Waals surface area contributed by atoms with Crippen molar-refractivity contribution in [2.75, 3.05) is 6.54 Å². The van der Waals surface area contributed by atoms with Gasteiger partial charge in [-0.25, -0.2) is 4.99 Å². The van der Waals surface area contributed by atoms with Crippen molar-refractivity contribution in [2.45, 2.75) is 102 Å². The number of nitrogens with one attached hydrogen (secondary N) is 1. The summed E-state index contributed by atoms with van der Waals surface area (Å²) in [6, 6.07) is 0. The molecule has 1 rings (SSSR count). The lowest BCUT2D eigenvalue weighted by Crippen LogP contribution is -2.43. The molecule has 0 aromatic carbocycles. The van der Waals surface area contributed by atoms with Crippen molar-refractivity contribution in [3.05, 3.63) is 12.2 Å². The van der Waals surface area contributed by atoms with E-state index in [1.54, 1.807) is 10.6 Å². The minimum absolute atomic E-state index is 0.163. The quantitative estimate of drug-likeness (QED) is 0.156. The van der Waals surface area contributed by atoms with Crippen molar-refractivity contribution in [1.29, 1.82) is 0 Å². The molecule has 0 aromatic heterocycles. The number of unbranched alkanes of at least 4 members (excludes halogenated alkanes) is 12. The molecule has 1 N–H and O–H groups in total. The van der Waals surface area contributed by atoms with Gasteiger partial charge in [-0.05, 0) is 32.1 Å². The number of hydrogen-bond acceptors (Lipinski definition) is 4. The third kappa shape index (κ3) is 14.1. The van der Waals surface area contributed by atoms with E-state index in [1.807, 2.05) is 0 Å². The summed E-state index contributed by atoms with van der Waals surface area (Å²) in [6.45, 7) is 3.10. The van der Waals surface area contributed by atoms with E-state index in [1.165, 1.54) is 83.5 Å². The van der Waals surface area contributed by atoms with Crippen molar-refractivity contribution in [3.63, 3.8) is 0 Å². The Morgan fingerprint density at radius 3 is 2.11 bits per heavy atom. The van der Waals surface area contributed by atoms with Gasteiger partial charge in [0, 0.05) is 6.54 Å². The van der Waals surface area contributed by atoms with E-state index in [2.05, 4.69) is 59.8 Å². The van der Waals surface area contributed by atoms with Crippen LogP contribution in [0, 0.1) is 0 Å². The number of hydrogen-bond donors (Lipinski definition) is 3. The molecular formula is C21H40N4S2. The molecule has 4 nitrogen and oxygen atoms in total. The highest BCUT2D eigenvalue weighted by atomic mass is 32.1. The summed E-state index contributed by atoms with van der Waals surface area (Å²) in [5, 5.41) is 3.08. The van der Waals surface area contributed by atoms with Crippen LogP contribution in [0.2, 0.25) is 0 Å². The normalized spacial score (nSPS) is 18.6. The zero-order valence-corrected chi connectivity index (χ0v) is 18.9. The first kappa shape index (κ1) is 24.4. The maximum absolute atomic E-state index is 4.46. The Morgan fingerprint density at radius 1 is 0.963 bits per heavy atom. The Morgan fingerprint density at radius 2 is 1.52 bits per heavy atom. The molecule has 1 heterocycles. The van der Waals surface area contributed by atoms with Gasteiger partial charge in [-0.2, -0.15) is 0 Å². The summed E-state index contributed by atoms with van der Waals surface area (Å²) in [4.78, 5) is 8.64. The van der Waals surface area contributed by atoms with Crippen LogP contribution < -0.4 is 5.32 Å². The van der Waals surface area contributed by atoms with E-state index in [4.69, 9.17) is 0 Å². The van der Waals surface area contributed by atoms with Crippen molar-refractivity contribution in [1.82, 2.24) is 9.62 Å². The minimum Gasteiger partial charge on any atom is -0.325 e. The molecule has 0 amide bonds. The predicted molar refractivity (Wildman–Crippen MR) is 127 cm³/mol. The largest absolute Gasteiger partial charge is 0.325 e. The highest BCUT2D eigenvalue weighted by Crippen LogP contribution is 2.10. The lowest BCUT2D eigenvalue weighted by molar-refractivity contribution is 0.587. The number of aliphatic imine (C=N–C) groups is 2. The first-order valence-corrected chi connectivity index (χ1v) is 11.8. The van der Waals surface area contributed by atoms with Gasteiger partial charge in [0.05, 0.1) is 0 Å². The van der Waals surface area contributed by atoms with Crippen LogP contribution in [-0.4, -0.2) is 28.6 Å². The number of thiol groups is 2. The van der Waals surface area contributed by atoms with E-state index < -0.39 is 0 Å². The number of guanidine groups is 1. The van der Waals surface area contributed by atoms with Gasteiger partial charge < -0.3 is 5.32 Å². The van der Waals surface area contributed by atoms with Crippen molar-refractivity contribution >= 4 is 37.7 Å². The SMILES string of the molecule is CCCCCCCC/C=C\CCCCCCCCN=C1N=CN(S)C(S)N1. The first-order valence-electron chi connectivity index (χ1n) is 10.9. The van der Waals surface area contributed by atoms with Crippen LogP contribution in [0.15, 0.2) is 22.1 Å². The maximum atomic E-state index is 4.46. The Bertz CT molecular complexity index is 438. The Balaban J connectivity index is 1.83. The van der Waals surface area contributed by atoms with Gasteiger partial charge >= 0.3 is 0 Å². The number of allylic oxidation sites excluding steroid dienone is 2. The van der Waals surface area contributed by atoms with E-state index in [0.717, 1.165) is 13.0 Å². The average Bonchev–Trinajstić information content (AvgIpc) is 2.67. The third-order valence-corrected chi connectivity index (χ3v) is 5.63. The third-order valence-electron chi connectivity index (χ3n) is 4.74. The molecule has 1 aliphatic heterocycles. The number of rotatable bonds is 16. The molecule has 0 aliphatic carbocycles.